The van der Waals surface area contributed by atoms with Gasteiger partial charge in [-0.1, -0.05) is 30.3 Å². The Morgan fingerprint density at radius 1 is 1.24 bits per heavy atom. The zero-order valence-corrected chi connectivity index (χ0v) is 12.2. The maximum Gasteiger partial charge on any atom is 0.134 e. The van der Waals surface area contributed by atoms with Crippen LogP contribution in [0.25, 0.3) is 22.1 Å². The van der Waals surface area contributed by atoms with Gasteiger partial charge in [-0.3, -0.25) is 0 Å². The standard InChI is InChI=1S/C17H12N2OS/c1-12-16(13-6-3-2-4-7-13)21-17(19-12)14(11-18)10-15-8-5-9-20-15/h2-10H,1H3/b14-10-. The molecule has 0 aliphatic heterocycles. The molecule has 0 saturated carbocycles. The lowest BCUT2D eigenvalue weighted by Gasteiger charge is -1.96. The van der Waals surface area contributed by atoms with Gasteiger partial charge in [-0.05, 0) is 24.6 Å². The number of thiazole rings is 1. The molecule has 21 heavy (non-hydrogen) atoms. The van der Waals surface area contributed by atoms with Crippen molar-refractivity contribution in [3.8, 4) is 16.5 Å². The number of furan rings is 1. The maximum absolute atomic E-state index is 9.36. The molecular weight excluding hydrogens is 280 g/mol. The summed E-state index contributed by atoms with van der Waals surface area (Å²) in [4.78, 5) is 5.61. The minimum atomic E-state index is 0.514. The van der Waals surface area contributed by atoms with Gasteiger partial charge in [0.25, 0.3) is 0 Å². The van der Waals surface area contributed by atoms with E-state index in [1.807, 2.05) is 43.3 Å². The predicted molar refractivity (Wildman–Crippen MR) is 84.5 cm³/mol. The van der Waals surface area contributed by atoms with Crippen molar-refractivity contribution in [2.45, 2.75) is 6.92 Å². The topological polar surface area (TPSA) is 49.8 Å². The molecule has 0 unspecified atom stereocenters. The van der Waals surface area contributed by atoms with Gasteiger partial charge in [0.1, 0.15) is 16.8 Å². The summed E-state index contributed by atoms with van der Waals surface area (Å²) in [6.07, 6.45) is 3.30. The van der Waals surface area contributed by atoms with Crippen LogP contribution in [0.3, 0.4) is 0 Å². The van der Waals surface area contributed by atoms with Gasteiger partial charge < -0.3 is 4.42 Å². The summed E-state index contributed by atoms with van der Waals surface area (Å²) in [5, 5.41) is 10.1. The molecular formula is C17H12N2OS. The van der Waals surface area contributed by atoms with Crippen LogP contribution in [-0.2, 0) is 0 Å². The Hall–Kier alpha value is -2.64. The Bertz CT molecular complexity index is 808. The number of aromatic nitrogens is 1. The number of rotatable bonds is 3. The number of aryl methyl sites for hydroxylation is 1. The van der Waals surface area contributed by atoms with Crippen molar-refractivity contribution < 1.29 is 4.42 Å². The lowest BCUT2D eigenvalue weighted by Crippen LogP contribution is -1.80. The van der Waals surface area contributed by atoms with E-state index in [9.17, 15) is 5.26 Å². The molecule has 2 heterocycles. The zero-order chi connectivity index (χ0) is 14.7. The number of nitrogens with zero attached hydrogens (tertiary/aromatic N) is 2. The molecule has 0 radical (unpaired) electrons. The summed E-state index contributed by atoms with van der Waals surface area (Å²) in [6, 6.07) is 15.9. The van der Waals surface area contributed by atoms with Crippen molar-refractivity contribution in [3.63, 3.8) is 0 Å². The van der Waals surface area contributed by atoms with Crippen LogP contribution in [0, 0.1) is 18.3 Å². The van der Waals surface area contributed by atoms with Crippen molar-refractivity contribution in [2.75, 3.05) is 0 Å². The Morgan fingerprint density at radius 3 is 2.71 bits per heavy atom. The van der Waals surface area contributed by atoms with E-state index in [0.717, 1.165) is 16.1 Å². The molecule has 3 aromatic rings. The molecule has 102 valence electrons. The first-order valence-corrected chi connectivity index (χ1v) is 7.28. The van der Waals surface area contributed by atoms with Crippen LogP contribution in [0.5, 0.6) is 0 Å². The van der Waals surface area contributed by atoms with Gasteiger partial charge in [0, 0.05) is 6.08 Å². The molecule has 0 N–H and O–H groups in total. The molecule has 0 spiro atoms. The Labute approximate surface area is 126 Å². The Morgan fingerprint density at radius 2 is 2.05 bits per heavy atom. The largest absolute Gasteiger partial charge is 0.465 e. The molecule has 0 aliphatic rings. The lowest BCUT2D eigenvalue weighted by molar-refractivity contribution is 0.557. The predicted octanol–water partition coefficient (Wildman–Crippen LogP) is 4.78. The number of nitriles is 1. The van der Waals surface area contributed by atoms with Gasteiger partial charge in [-0.15, -0.1) is 11.3 Å². The van der Waals surface area contributed by atoms with E-state index in [0.29, 0.717) is 16.3 Å². The van der Waals surface area contributed by atoms with E-state index >= 15 is 0 Å². The molecule has 3 rings (SSSR count). The molecule has 3 nitrogen and oxygen atoms in total. The first-order valence-electron chi connectivity index (χ1n) is 6.46. The Kier molecular flexibility index (Phi) is 3.67. The van der Waals surface area contributed by atoms with Crippen molar-refractivity contribution in [2.24, 2.45) is 0 Å². The maximum atomic E-state index is 9.36. The van der Waals surface area contributed by atoms with Crippen LogP contribution >= 0.6 is 11.3 Å². The van der Waals surface area contributed by atoms with Crippen molar-refractivity contribution >= 4 is 23.0 Å². The summed E-state index contributed by atoms with van der Waals surface area (Å²) in [7, 11) is 0. The highest BCUT2D eigenvalue weighted by molar-refractivity contribution is 7.16. The lowest BCUT2D eigenvalue weighted by atomic mass is 10.2. The van der Waals surface area contributed by atoms with E-state index in [1.165, 1.54) is 11.3 Å². The van der Waals surface area contributed by atoms with E-state index in [2.05, 4.69) is 11.1 Å². The number of allylic oxidation sites excluding steroid dienone is 1. The van der Waals surface area contributed by atoms with Gasteiger partial charge in [-0.25, -0.2) is 4.98 Å². The van der Waals surface area contributed by atoms with Crippen LogP contribution in [0.2, 0.25) is 0 Å². The molecule has 1 aromatic carbocycles. The summed E-state index contributed by atoms with van der Waals surface area (Å²) in [6.45, 7) is 1.96. The fraction of sp³-hybridized carbons (Fsp3) is 0.0588. The van der Waals surface area contributed by atoms with Crippen molar-refractivity contribution in [1.82, 2.24) is 4.98 Å². The second-order valence-electron chi connectivity index (χ2n) is 4.48. The van der Waals surface area contributed by atoms with Gasteiger partial charge in [0.2, 0.25) is 0 Å². The average molecular weight is 292 g/mol. The smallest absolute Gasteiger partial charge is 0.134 e. The fourth-order valence-electron chi connectivity index (χ4n) is 2.03. The highest BCUT2D eigenvalue weighted by Crippen LogP contribution is 2.33. The SMILES string of the molecule is Cc1nc(/C(C#N)=C\c2ccco2)sc1-c1ccccc1. The highest BCUT2D eigenvalue weighted by Gasteiger charge is 2.13. The summed E-state index contributed by atoms with van der Waals surface area (Å²) >= 11 is 1.52. The van der Waals surface area contributed by atoms with Crippen LogP contribution in [0.4, 0.5) is 0 Å². The summed E-state index contributed by atoms with van der Waals surface area (Å²) in [5.74, 6) is 0.653. The molecule has 4 heteroatoms. The quantitative estimate of drug-likeness (QED) is 0.653. The van der Waals surface area contributed by atoms with E-state index < -0.39 is 0 Å². The first-order chi connectivity index (χ1) is 10.3. The van der Waals surface area contributed by atoms with Gasteiger partial charge >= 0.3 is 0 Å². The van der Waals surface area contributed by atoms with Crippen molar-refractivity contribution in [1.29, 1.82) is 5.26 Å². The van der Waals surface area contributed by atoms with E-state index in [4.69, 9.17) is 4.42 Å². The highest BCUT2D eigenvalue weighted by atomic mass is 32.1. The second kappa shape index (κ2) is 5.78. The van der Waals surface area contributed by atoms with Crippen LogP contribution in [-0.4, -0.2) is 4.98 Å². The summed E-state index contributed by atoms with van der Waals surface area (Å²) < 4.78 is 5.26. The van der Waals surface area contributed by atoms with Gasteiger partial charge in [-0.2, -0.15) is 5.26 Å². The minimum absolute atomic E-state index is 0.514. The van der Waals surface area contributed by atoms with Gasteiger partial charge in [0.05, 0.1) is 22.4 Å². The molecule has 0 aliphatic carbocycles. The fourth-order valence-corrected chi connectivity index (χ4v) is 3.06. The van der Waals surface area contributed by atoms with Gasteiger partial charge in [0.15, 0.2) is 0 Å². The summed E-state index contributed by atoms with van der Waals surface area (Å²) in [5.41, 5.74) is 2.57. The number of benzene rings is 1. The molecule has 0 atom stereocenters. The number of hydrogen-bond acceptors (Lipinski definition) is 4. The third-order valence-electron chi connectivity index (χ3n) is 3.01. The minimum Gasteiger partial charge on any atom is -0.465 e. The second-order valence-corrected chi connectivity index (χ2v) is 5.48. The molecule has 0 amide bonds. The molecule has 0 bridgehead atoms. The third-order valence-corrected chi connectivity index (χ3v) is 4.25. The number of hydrogen-bond donors (Lipinski definition) is 0. The zero-order valence-electron chi connectivity index (χ0n) is 11.4. The van der Waals surface area contributed by atoms with Crippen molar-refractivity contribution in [3.05, 3.63) is 65.2 Å². The van der Waals surface area contributed by atoms with Crippen LogP contribution in [0.15, 0.2) is 53.1 Å². The van der Waals surface area contributed by atoms with Crippen LogP contribution in [0.1, 0.15) is 16.5 Å². The van der Waals surface area contributed by atoms with Crippen LogP contribution < -0.4 is 0 Å². The average Bonchev–Trinajstić information content (AvgIpc) is 3.15. The van der Waals surface area contributed by atoms with E-state index in [1.54, 1.807) is 18.4 Å². The molecule has 2 aromatic heterocycles. The molecule has 0 fully saturated rings. The monoisotopic (exact) mass is 292 g/mol. The Balaban J connectivity index is 2.03. The third kappa shape index (κ3) is 2.78. The van der Waals surface area contributed by atoms with E-state index in [-0.39, 0.29) is 0 Å². The molecule has 0 saturated heterocycles. The normalized spacial score (nSPS) is 11.3. The first kappa shape index (κ1) is 13.3.